The molecule has 1 amide bonds. The number of nitrogens with zero attached hydrogens (tertiary/aromatic N) is 1. The van der Waals surface area contributed by atoms with E-state index in [1.54, 1.807) is 12.1 Å². The molecule has 2 rings (SSSR count). The van der Waals surface area contributed by atoms with Crippen LogP contribution in [0.15, 0.2) is 18.2 Å². The quantitative estimate of drug-likeness (QED) is 0.833. The van der Waals surface area contributed by atoms with E-state index in [-0.39, 0.29) is 18.9 Å². The van der Waals surface area contributed by atoms with Crippen LogP contribution in [0.4, 0.5) is 0 Å². The van der Waals surface area contributed by atoms with Crippen LogP contribution in [0.25, 0.3) is 0 Å². The molecule has 0 saturated carbocycles. The van der Waals surface area contributed by atoms with Gasteiger partial charge in [0.05, 0.1) is 6.10 Å². The largest absolute Gasteiger partial charge is 0.480 e. The number of likely N-dealkylation sites (tertiary alicyclic amines) is 1. The van der Waals surface area contributed by atoms with Gasteiger partial charge in [0, 0.05) is 18.5 Å². The maximum absolute atomic E-state index is 12.4. The Labute approximate surface area is 111 Å². The zero-order valence-electron chi connectivity index (χ0n) is 11.0. The molecule has 1 aromatic rings. The van der Waals surface area contributed by atoms with E-state index in [1.807, 2.05) is 19.9 Å². The summed E-state index contributed by atoms with van der Waals surface area (Å²) in [6, 6.07) is 4.48. The number of carbonyl (C=O) groups is 2. The Morgan fingerprint density at radius 3 is 2.32 bits per heavy atom. The van der Waals surface area contributed by atoms with Gasteiger partial charge in [-0.25, -0.2) is 4.79 Å². The summed E-state index contributed by atoms with van der Waals surface area (Å²) in [5.41, 5.74) is 2.38. The van der Waals surface area contributed by atoms with Gasteiger partial charge >= 0.3 is 5.97 Å². The number of hydrogen-bond acceptors (Lipinski definition) is 3. The number of aliphatic hydroxyl groups is 1. The fraction of sp³-hybridized carbons (Fsp3) is 0.429. The standard InChI is InChI=1S/C14H17NO4/c1-8-3-9(2)5-10(4-8)13(17)15-7-11(16)6-12(15)14(18)19/h3-5,11-12,16H,6-7H2,1-2H3,(H,18,19)/t11-,12+/m1/s1. The molecule has 0 bridgehead atoms. The van der Waals surface area contributed by atoms with Gasteiger partial charge in [0.15, 0.2) is 0 Å². The molecule has 0 radical (unpaired) electrons. The van der Waals surface area contributed by atoms with Crippen molar-refractivity contribution in [1.29, 1.82) is 0 Å². The minimum Gasteiger partial charge on any atom is -0.480 e. The Bertz CT molecular complexity index is 506. The summed E-state index contributed by atoms with van der Waals surface area (Å²) >= 11 is 0. The average molecular weight is 263 g/mol. The average Bonchev–Trinajstić information content (AvgIpc) is 2.69. The highest BCUT2D eigenvalue weighted by Crippen LogP contribution is 2.22. The lowest BCUT2D eigenvalue weighted by Crippen LogP contribution is -2.40. The number of rotatable bonds is 2. The first-order valence-corrected chi connectivity index (χ1v) is 6.18. The van der Waals surface area contributed by atoms with Gasteiger partial charge in [-0.15, -0.1) is 0 Å². The summed E-state index contributed by atoms with van der Waals surface area (Å²) in [7, 11) is 0. The molecule has 1 aliphatic heterocycles. The first-order chi connectivity index (χ1) is 8.88. The summed E-state index contributed by atoms with van der Waals surface area (Å²) in [4.78, 5) is 24.7. The van der Waals surface area contributed by atoms with E-state index < -0.39 is 18.1 Å². The van der Waals surface area contributed by atoms with E-state index in [2.05, 4.69) is 0 Å². The van der Waals surface area contributed by atoms with Gasteiger partial charge in [-0.1, -0.05) is 17.2 Å². The maximum Gasteiger partial charge on any atom is 0.326 e. The van der Waals surface area contributed by atoms with Crippen molar-refractivity contribution in [3.63, 3.8) is 0 Å². The van der Waals surface area contributed by atoms with Crippen LogP contribution in [0.2, 0.25) is 0 Å². The van der Waals surface area contributed by atoms with Crippen LogP contribution in [0.3, 0.4) is 0 Å². The van der Waals surface area contributed by atoms with Gasteiger partial charge in [-0.05, 0) is 26.0 Å². The van der Waals surface area contributed by atoms with E-state index in [0.29, 0.717) is 5.56 Å². The highest BCUT2D eigenvalue weighted by Gasteiger charge is 2.39. The topological polar surface area (TPSA) is 77.8 Å². The molecule has 5 nitrogen and oxygen atoms in total. The van der Waals surface area contributed by atoms with Crippen LogP contribution in [-0.2, 0) is 4.79 Å². The number of hydrogen-bond donors (Lipinski definition) is 2. The second kappa shape index (κ2) is 5.01. The molecule has 5 heteroatoms. The predicted molar refractivity (Wildman–Crippen MR) is 69.0 cm³/mol. The van der Waals surface area contributed by atoms with Gasteiger partial charge in [0.2, 0.25) is 0 Å². The van der Waals surface area contributed by atoms with E-state index in [1.165, 1.54) is 4.90 Å². The van der Waals surface area contributed by atoms with Crippen molar-refractivity contribution in [3.05, 3.63) is 34.9 Å². The molecule has 2 atom stereocenters. The Kier molecular flexibility index (Phi) is 3.57. The third-order valence-corrected chi connectivity index (χ3v) is 3.29. The third-order valence-electron chi connectivity index (χ3n) is 3.29. The van der Waals surface area contributed by atoms with Gasteiger partial charge < -0.3 is 15.1 Å². The van der Waals surface area contributed by atoms with Crippen LogP contribution in [-0.4, -0.2) is 45.7 Å². The van der Waals surface area contributed by atoms with Crippen molar-refractivity contribution < 1.29 is 19.8 Å². The highest BCUT2D eigenvalue weighted by atomic mass is 16.4. The second-order valence-corrected chi connectivity index (χ2v) is 5.08. The van der Waals surface area contributed by atoms with Crippen molar-refractivity contribution in [2.75, 3.05) is 6.54 Å². The summed E-state index contributed by atoms with van der Waals surface area (Å²) in [5, 5.41) is 18.7. The number of aryl methyl sites for hydroxylation is 2. The number of amides is 1. The van der Waals surface area contributed by atoms with E-state index in [9.17, 15) is 14.7 Å². The molecule has 1 fully saturated rings. The first-order valence-electron chi connectivity index (χ1n) is 6.18. The summed E-state index contributed by atoms with van der Waals surface area (Å²) < 4.78 is 0. The monoisotopic (exact) mass is 263 g/mol. The molecular formula is C14H17NO4. The SMILES string of the molecule is Cc1cc(C)cc(C(=O)N2C[C@H](O)C[C@H]2C(=O)O)c1. The normalized spacial score (nSPS) is 22.6. The Morgan fingerprint density at radius 2 is 1.79 bits per heavy atom. The molecule has 102 valence electrons. The van der Waals surface area contributed by atoms with Crippen LogP contribution in [0, 0.1) is 13.8 Å². The van der Waals surface area contributed by atoms with Crippen molar-refractivity contribution in [3.8, 4) is 0 Å². The molecule has 1 saturated heterocycles. The fourth-order valence-corrected chi connectivity index (χ4v) is 2.54. The van der Waals surface area contributed by atoms with Crippen LogP contribution >= 0.6 is 0 Å². The number of carboxylic acids is 1. The lowest BCUT2D eigenvalue weighted by atomic mass is 10.1. The van der Waals surface area contributed by atoms with Crippen LogP contribution in [0.5, 0.6) is 0 Å². The zero-order valence-corrected chi connectivity index (χ0v) is 11.0. The molecule has 0 unspecified atom stereocenters. The van der Waals surface area contributed by atoms with E-state index >= 15 is 0 Å². The number of benzene rings is 1. The minimum absolute atomic E-state index is 0.0722. The molecule has 1 aromatic carbocycles. The van der Waals surface area contributed by atoms with Crippen molar-refractivity contribution in [2.24, 2.45) is 0 Å². The molecule has 2 N–H and O–H groups in total. The van der Waals surface area contributed by atoms with Crippen molar-refractivity contribution >= 4 is 11.9 Å². The van der Waals surface area contributed by atoms with Crippen molar-refractivity contribution in [2.45, 2.75) is 32.4 Å². The fourth-order valence-electron chi connectivity index (χ4n) is 2.54. The molecular weight excluding hydrogens is 246 g/mol. The zero-order chi connectivity index (χ0) is 14.2. The molecule has 19 heavy (non-hydrogen) atoms. The summed E-state index contributed by atoms with van der Waals surface area (Å²) in [6.07, 6.45) is -0.678. The molecule has 0 aromatic heterocycles. The van der Waals surface area contributed by atoms with Crippen LogP contribution in [0.1, 0.15) is 27.9 Å². The number of carbonyl (C=O) groups excluding carboxylic acids is 1. The van der Waals surface area contributed by atoms with Crippen LogP contribution < -0.4 is 0 Å². The molecule has 1 heterocycles. The Hall–Kier alpha value is -1.88. The smallest absolute Gasteiger partial charge is 0.326 e. The second-order valence-electron chi connectivity index (χ2n) is 5.08. The number of aliphatic hydroxyl groups excluding tert-OH is 1. The van der Waals surface area contributed by atoms with Gasteiger partial charge in [-0.3, -0.25) is 4.79 Å². The van der Waals surface area contributed by atoms with Gasteiger partial charge in [0.1, 0.15) is 6.04 Å². The first kappa shape index (κ1) is 13.5. The number of β-amino-alcohol motifs (C(OH)–C–C–N with tert-alkyl or cyclic N) is 1. The highest BCUT2D eigenvalue weighted by molar-refractivity contribution is 5.97. The Morgan fingerprint density at radius 1 is 1.21 bits per heavy atom. The summed E-state index contributed by atoms with van der Waals surface area (Å²) in [6.45, 7) is 3.84. The molecule has 0 aliphatic carbocycles. The van der Waals surface area contributed by atoms with Gasteiger partial charge in [-0.2, -0.15) is 0 Å². The number of carboxylic acid groups (broad SMARTS) is 1. The molecule has 1 aliphatic rings. The predicted octanol–water partition coefficient (Wildman–Crippen LogP) is 0.963. The Balaban J connectivity index is 2.30. The van der Waals surface area contributed by atoms with E-state index in [4.69, 9.17) is 5.11 Å². The third kappa shape index (κ3) is 2.76. The minimum atomic E-state index is -1.07. The lowest BCUT2D eigenvalue weighted by molar-refractivity contribution is -0.141. The summed E-state index contributed by atoms with van der Waals surface area (Å²) in [5.74, 6) is -1.41. The molecule has 0 spiro atoms. The maximum atomic E-state index is 12.4. The van der Waals surface area contributed by atoms with Crippen molar-refractivity contribution in [1.82, 2.24) is 4.90 Å². The van der Waals surface area contributed by atoms with E-state index in [0.717, 1.165) is 11.1 Å². The lowest BCUT2D eigenvalue weighted by Gasteiger charge is -2.21. The number of aliphatic carboxylic acids is 1. The van der Waals surface area contributed by atoms with Gasteiger partial charge in [0.25, 0.3) is 5.91 Å².